The Bertz CT molecular complexity index is 755. The standard InChI is InChI=1S/C18H18N2O3S/c1-13-5-2-3-7-15(13)19-18(22)16-11-24-12-20(16)17(21)9-8-14-6-4-10-23-14/h2-10,16H,11-12H2,1H3,(H,19,22)/b9-8-/t16-/m0/s1. The molecule has 0 radical (unpaired) electrons. The molecule has 1 aliphatic heterocycles. The Kier molecular flexibility index (Phi) is 5.05. The quantitative estimate of drug-likeness (QED) is 0.867. The number of anilines is 1. The van der Waals surface area contributed by atoms with Crippen molar-refractivity contribution in [2.24, 2.45) is 0 Å². The molecular weight excluding hydrogens is 324 g/mol. The van der Waals surface area contributed by atoms with Crippen LogP contribution in [0.4, 0.5) is 5.69 Å². The summed E-state index contributed by atoms with van der Waals surface area (Å²) in [6.45, 7) is 1.94. The lowest BCUT2D eigenvalue weighted by molar-refractivity contribution is -0.132. The molecule has 1 aromatic heterocycles. The van der Waals surface area contributed by atoms with E-state index in [1.807, 2.05) is 31.2 Å². The average Bonchev–Trinajstić information content (AvgIpc) is 3.26. The summed E-state index contributed by atoms with van der Waals surface area (Å²) in [7, 11) is 0. The summed E-state index contributed by atoms with van der Waals surface area (Å²) < 4.78 is 5.17. The fraction of sp³-hybridized carbons (Fsp3) is 0.222. The fourth-order valence-corrected chi connectivity index (χ4v) is 3.61. The molecule has 1 N–H and O–H groups in total. The zero-order valence-electron chi connectivity index (χ0n) is 13.3. The number of nitrogens with zero attached hydrogens (tertiary/aromatic N) is 1. The molecule has 2 aromatic rings. The first-order chi connectivity index (χ1) is 11.6. The van der Waals surface area contributed by atoms with Crippen molar-refractivity contribution in [2.45, 2.75) is 13.0 Å². The van der Waals surface area contributed by atoms with E-state index in [0.29, 0.717) is 17.4 Å². The second kappa shape index (κ2) is 7.40. The molecule has 5 nitrogen and oxygen atoms in total. The van der Waals surface area contributed by atoms with Crippen LogP contribution in [-0.4, -0.2) is 34.4 Å². The average molecular weight is 342 g/mol. The van der Waals surface area contributed by atoms with Crippen LogP contribution in [0.5, 0.6) is 0 Å². The number of furan rings is 1. The maximum absolute atomic E-state index is 12.6. The molecule has 1 atom stereocenters. The van der Waals surface area contributed by atoms with Crippen molar-refractivity contribution in [1.82, 2.24) is 4.90 Å². The van der Waals surface area contributed by atoms with Gasteiger partial charge >= 0.3 is 0 Å². The third kappa shape index (κ3) is 3.71. The van der Waals surface area contributed by atoms with Gasteiger partial charge in [-0.3, -0.25) is 9.59 Å². The largest absolute Gasteiger partial charge is 0.465 e. The molecule has 1 aliphatic rings. The number of carbonyl (C=O) groups is 2. The number of rotatable bonds is 4. The van der Waals surface area contributed by atoms with Crippen molar-refractivity contribution in [2.75, 3.05) is 16.9 Å². The van der Waals surface area contributed by atoms with Gasteiger partial charge in [-0.15, -0.1) is 11.8 Å². The molecule has 6 heteroatoms. The van der Waals surface area contributed by atoms with Crippen LogP contribution in [0.2, 0.25) is 0 Å². The highest BCUT2D eigenvalue weighted by Gasteiger charge is 2.33. The van der Waals surface area contributed by atoms with Gasteiger partial charge in [-0.05, 0) is 36.8 Å². The van der Waals surface area contributed by atoms with Gasteiger partial charge in [0.25, 0.3) is 0 Å². The molecule has 3 rings (SSSR count). The normalized spacial score (nSPS) is 17.4. The summed E-state index contributed by atoms with van der Waals surface area (Å²) in [5.41, 5.74) is 1.77. The predicted molar refractivity (Wildman–Crippen MR) is 95.5 cm³/mol. The Hall–Kier alpha value is -2.47. The van der Waals surface area contributed by atoms with Crippen molar-refractivity contribution in [1.29, 1.82) is 0 Å². The van der Waals surface area contributed by atoms with E-state index in [1.165, 1.54) is 6.08 Å². The molecule has 24 heavy (non-hydrogen) atoms. The van der Waals surface area contributed by atoms with Gasteiger partial charge in [0.1, 0.15) is 11.8 Å². The van der Waals surface area contributed by atoms with Crippen LogP contribution in [-0.2, 0) is 9.59 Å². The van der Waals surface area contributed by atoms with Gasteiger partial charge in [-0.25, -0.2) is 0 Å². The Balaban J connectivity index is 1.67. The molecule has 1 aromatic carbocycles. The van der Waals surface area contributed by atoms with E-state index in [0.717, 1.165) is 11.3 Å². The minimum Gasteiger partial charge on any atom is -0.465 e. The fourth-order valence-electron chi connectivity index (χ4n) is 2.44. The number of hydrogen-bond donors (Lipinski definition) is 1. The van der Waals surface area contributed by atoms with Crippen LogP contribution in [0.25, 0.3) is 6.08 Å². The Morgan fingerprint density at radius 1 is 1.29 bits per heavy atom. The van der Waals surface area contributed by atoms with Crippen molar-refractivity contribution >= 4 is 35.3 Å². The van der Waals surface area contributed by atoms with Crippen molar-refractivity contribution in [3.05, 3.63) is 60.1 Å². The topological polar surface area (TPSA) is 62.6 Å². The molecular formula is C18H18N2O3S. The van der Waals surface area contributed by atoms with Crippen molar-refractivity contribution in [3.63, 3.8) is 0 Å². The van der Waals surface area contributed by atoms with Gasteiger partial charge in [-0.2, -0.15) is 0 Å². The number of para-hydroxylation sites is 1. The molecule has 2 heterocycles. The highest BCUT2D eigenvalue weighted by molar-refractivity contribution is 7.99. The molecule has 0 aliphatic carbocycles. The van der Waals surface area contributed by atoms with E-state index in [-0.39, 0.29) is 11.8 Å². The maximum Gasteiger partial charge on any atom is 0.248 e. The van der Waals surface area contributed by atoms with Crippen LogP contribution >= 0.6 is 11.8 Å². The molecule has 124 valence electrons. The zero-order valence-corrected chi connectivity index (χ0v) is 14.1. The summed E-state index contributed by atoms with van der Waals surface area (Å²) in [4.78, 5) is 26.5. The van der Waals surface area contributed by atoms with Crippen LogP contribution in [0, 0.1) is 6.92 Å². The second-order valence-corrected chi connectivity index (χ2v) is 6.48. The predicted octanol–water partition coefficient (Wildman–Crippen LogP) is 3.14. The zero-order chi connectivity index (χ0) is 16.9. The number of amides is 2. The second-order valence-electron chi connectivity index (χ2n) is 5.48. The van der Waals surface area contributed by atoms with Crippen LogP contribution in [0.1, 0.15) is 11.3 Å². The van der Waals surface area contributed by atoms with Crippen molar-refractivity contribution in [3.8, 4) is 0 Å². The van der Waals surface area contributed by atoms with E-state index >= 15 is 0 Å². The number of nitrogens with one attached hydrogen (secondary N) is 1. The number of hydrogen-bond acceptors (Lipinski definition) is 4. The summed E-state index contributed by atoms with van der Waals surface area (Å²) in [5.74, 6) is 1.36. The van der Waals surface area contributed by atoms with Gasteiger partial charge < -0.3 is 14.6 Å². The first-order valence-corrected chi connectivity index (χ1v) is 8.77. The molecule has 2 amide bonds. The van der Waals surface area contributed by atoms with Crippen LogP contribution in [0.3, 0.4) is 0 Å². The lowest BCUT2D eigenvalue weighted by atomic mass is 10.2. The van der Waals surface area contributed by atoms with E-state index in [9.17, 15) is 9.59 Å². The lowest BCUT2D eigenvalue weighted by Gasteiger charge is -2.22. The molecule has 1 fully saturated rings. The van der Waals surface area contributed by atoms with E-state index in [4.69, 9.17) is 4.42 Å². The molecule has 0 unspecified atom stereocenters. The highest BCUT2D eigenvalue weighted by atomic mass is 32.2. The summed E-state index contributed by atoms with van der Waals surface area (Å²) >= 11 is 1.57. The molecule has 0 bridgehead atoms. The van der Waals surface area contributed by atoms with E-state index in [1.54, 1.807) is 41.1 Å². The minimum absolute atomic E-state index is 0.158. The number of benzene rings is 1. The first-order valence-electron chi connectivity index (χ1n) is 7.61. The van der Waals surface area contributed by atoms with E-state index < -0.39 is 6.04 Å². The lowest BCUT2D eigenvalue weighted by Crippen LogP contribution is -2.44. The summed E-state index contributed by atoms with van der Waals surface area (Å²) in [6, 6.07) is 10.7. The van der Waals surface area contributed by atoms with Crippen LogP contribution < -0.4 is 5.32 Å². The van der Waals surface area contributed by atoms with Gasteiger partial charge in [0.05, 0.1) is 12.1 Å². The van der Waals surface area contributed by atoms with Gasteiger partial charge in [0.2, 0.25) is 11.8 Å². The third-order valence-corrected chi connectivity index (χ3v) is 4.82. The third-order valence-electron chi connectivity index (χ3n) is 3.80. The monoisotopic (exact) mass is 342 g/mol. The first kappa shape index (κ1) is 16.4. The minimum atomic E-state index is -0.469. The molecule has 1 saturated heterocycles. The summed E-state index contributed by atoms with van der Waals surface area (Å²) in [5, 5.41) is 2.92. The van der Waals surface area contributed by atoms with Gasteiger partial charge in [-0.1, -0.05) is 18.2 Å². The Morgan fingerprint density at radius 3 is 2.88 bits per heavy atom. The maximum atomic E-state index is 12.6. The Labute approximate surface area is 144 Å². The van der Waals surface area contributed by atoms with E-state index in [2.05, 4.69) is 5.32 Å². The Morgan fingerprint density at radius 2 is 2.12 bits per heavy atom. The number of carbonyl (C=O) groups excluding carboxylic acids is 2. The van der Waals surface area contributed by atoms with Gasteiger partial charge in [0, 0.05) is 17.5 Å². The number of aryl methyl sites for hydroxylation is 1. The van der Waals surface area contributed by atoms with Crippen molar-refractivity contribution < 1.29 is 14.0 Å². The van der Waals surface area contributed by atoms with Crippen LogP contribution in [0.15, 0.2) is 53.2 Å². The molecule has 0 saturated carbocycles. The highest BCUT2D eigenvalue weighted by Crippen LogP contribution is 2.23. The SMILES string of the molecule is Cc1ccccc1NC(=O)[C@@H]1CSCN1C(=O)/C=C\c1ccco1. The van der Waals surface area contributed by atoms with Gasteiger partial charge in [0.15, 0.2) is 0 Å². The summed E-state index contributed by atoms with van der Waals surface area (Å²) in [6.07, 6.45) is 4.61. The molecule has 0 spiro atoms. The smallest absolute Gasteiger partial charge is 0.248 e. The number of thioether (sulfide) groups is 1.